The second-order valence-electron chi connectivity index (χ2n) is 7.06. The number of hydrogen-bond donors (Lipinski definition) is 2. The lowest BCUT2D eigenvalue weighted by molar-refractivity contribution is -0.112. The molecule has 1 saturated heterocycles. The van der Waals surface area contributed by atoms with Crippen molar-refractivity contribution in [3.63, 3.8) is 0 Å². The van der Waals surface area contributed by atoms with E-state index in [2.05, 4.69) is 10.6 Å². The van der Waals surface area contributed by atoms with Gasteiger partial charge in [0.25, 0.3) is 5.91 Å². The van der Waals surface area contributed by atoms with E-state index in [4.69, 9.17) is 16.3 Å². The number of carbonyl (C=O) groups excluding carboxylic acids is 2. The van der Waals surface area contributed by atoms with Gasteiger partial charge in [-0.05, 0) is 37.3 Å². The molecule has 172 valence electrons. The number of rotatable bonds is 7. The topological polar surface area (TPSA) is 129 Å². The summed E-state index contributed by atoms with van der Waals surface area (Å²) in [6.07, 6.45) is 1.14. The first-order valence-electron chi connectivity index (χ1n) is 9.89. The number of ether oxygens (including phenoxy) is 1. The molecule has 11 heteroatoms. The predicted molar refractivity (Wildman–Crippen MR) is 123 cm³/mol. The Hall–Kier alpha value is -3.23. The zero-order chi connectivity index (χ0) is 24.0. The number of nitrogens with zero attached hydrogens (tertiary/aromatic N) is 2. The van der Waals surface area contributed by atoms with Gasteiger partial charge in [0.15, 0.2) is 5.78 Å². The van der Waals surface area contributed by atoms with Crippen LogP contribution in [-0.2, 0) is 19.6 Å². The zero-order valence-corrected chi connectivity index (χ0v) is 19.2. The van der Waals surface area contributed by atoms with Crippen LogP contribution in [-0.4, -0.2) is 50.7 Å². The summed E-state index contributed by atoms with van der Waals surface area (Å²) in [5.41, 5.74) is 0.704. The monoisotopic (exact) mass is 488 g/mol. The van der Waals surface area contributed by atoms with Gasteiger partial charge in [-0.15, -0.1) is 0 Å². The van der Waals surface area contributed by atoms with E-state index >= 15 is 0 Å². The number of hydrogen-bond acceptors (Lipinski definition) is 7. The molecule has 2 aromatic rings. The maximum atomic E-state index is 12.9. The minimum atomic E-state index is -3.75. The van der Waals surface area contributed by atoms with Gasteiger partial charge in [-0.25, -0.2) is 8.42 Å². The summed E-state index contributed by atoms with van der Waals surface area (Å²) >= 11 is 6.18. The molecule has 0 aromatic heterocycles. The van der Waals surface area contributed by atoms with Crippen LogP contribution in [0.3, 0.4) is 0 Å². The Bertz CT molecular complexity index is 1250. The summed E-state index contributed by atoms with van der Waals surface area (Å²) < 4.78 is 32.3. The molecule has 0 radical (unpaired) electrons. The highest BCUT2D eigenvalue weighted by molar-refractivity contribution is 7.89. The fourth-order valence-corrected chi connectivity index (χ4v) is 4.63. The second kappa shape index (κ2) is 10.6. The quantitative estimate of drug-likeness (QED) is 0.348. The van der Waals surface area contributed by atoms with Gasteiger partial charge in [-0.2, -0.15) is 9.57 Å². The van der Waals surface area contributed by atoms with E-state index < -0.39 is 15.9 Å². The molecule has 33 heavy (non-hydrogen) atoms. The molecule has 0 bridgehead atoms. The van der Waals surface area contributed by atoms with Crippen LogP contribution in [0.15, 0.2) is 59.1 Å². The third-order valence-corrected chi connectivity index (χ3v) is 7.03. The number of nitrogens with one attached hydrogen (secondary N) is 2. The molecule has 1 amide bonds. The number of halogens is 1. The normalized spacial score (nSPS) is 14.9. The minimum absolute atomic E-state index is 0.0220. The summed E-state index contributed by atoms with van der Waals surface area (Å²) in [6.45, 7) is 2.53. The van der Waals surface area contributed by atoms with E-state index in [-0.39, 0.29) is 40.1 Å². The smallest absolute Gasteiger partial charge is 0.267 e. The van der Waals surface area contributed by atoms with Gasteiger partial charge >= 0.3 is 0 Å². The first kappa shape index (κ1) is 24.4. The number of morpholine rings is 1. The molecule has 1 aliphatic rings. The van der Waals surface area contributed by atoms with E-state index in [1.165, 1.54) is 35.5 Å². The number of carbonyl (C=O) groups is 2. The largest absolute Gasteiger partial charge is 0.379 e. The van der Waals surface area contributed by atoms with Crippen LogP contribution >= 0.6 is 11.6 Å². The van der Waals surface area contributed by atoms with Crippen molar-refractivity contribution in [2.24, 2.45) is 0 Å². The highest BCUT2D eigenvalue weighted by Crippen LogP contribution is 2.27. The van der Waals surface area contributed by atoms with Gasteiger partial charge in [-0.3, -0.25) is 9.59 Å². The standard InChI is InChI=1S/C22H21ClN4O5S/c1-15(28)16-3-2-4-18(11-16)26-22(29)17(13-24)14-25-21-12-19(5-6-20(21)23)33(30,31)27-7-9-32-10-8-27/h2-6,11-12,14,25H,7-10H2,1H3,(H,26,29)/b17-14-. The average Bonchev–Trinajstić information content (AvgIpc) is 2.81. The molecule has 2 N–H and O–H groups in total. The Kier molecular flexibility index (Phi) is 7.84. The van der Waals surface area contributed by atoms with Crippen molar-refractivity contribution in [1.82, 2.24) is 4.31 Å². The number of benzene rings is 2. The summed E-state index contributed by atoms with van der Waals surface area (Å²) in [7, 11) is -3.75. The van der Waals surface area contributed by atoms with E-state index in [9.17, 15) is 23.3 Å². The lowest BCUT2D eigenvalue weighted by atomic mass is 10.1. The average molecular weight is 489 g/mol. The molecule has 1 heterocycles. The number of ketones is 1. The van der Waals surface area contributed by atoms with Gasteiger partial charge < -0.3 is 15.4 Å². The Balaban J connectivity index is 1.79. The fraction of sp³-hybridized carbons (Fsp3) is 0.227. The van der Waals surface area contributed by atoms with Crippen LogP contribution in [0.5, 0.6) is 0 Å². The van der Waals surface area contributed by atoms with Crippen molar-refractivity contribution in [3.05, 3.63) is 64.8 Å². The van der Waals surface area contributed by atoms with Crippen LogP contribution in [0.4, 0.5) is 11.4 Å². The lowest BCUT2D eigenvalue weighted by Gasteiger charge is -2.26. The van der Waals surface area contributed by atoms with E-state index in [0.29, 0.717) is 24.5 Å². The Morgan fingerprint density at radius 2 is 1.91 bits per heavy atom. The van der Waals surface area contributed by atoms with Crippen LogP contribution in [0.25, 0.3) is 0 Å². The van der Waals surface area contributed by atoms with Gasteiger partial charge in [0.1, 0.15) is 11.6 Å². The van der Waals surface area contributed by atoms with Gasteiger partial charge in [0.05, 0.1) is 28.8 Å². The van der Waals surface area contributed by atoms with Crippen LogP contribution in [0, 0.1) is 11.3 Å². The maximum Gasteiger partial charge on any atom is 0.267 e. The van der Waals surface area contributed by atoms with Gasteiger partial charge in [-0.1, -0.05) is 23.7 Å². The molecule has 0 spiro atoms. The van der Waals surface area contributed by atoms with Crippen LogP contribution in [0.2, 0.25) is 5.02 Å². The molecular formula is C22H21ClN4O5S. The van der Waals surface area contributed by atoms with Crippen molar-refractivity contribution in [3.8, 4) is 6.07 Å². The Morgan fingerprint density at radius 1 is 1.18 bits per heavy atom. The molecule has 2 aromatic carbocycles. The molecule has 0 atom stereocenters. The minimum Gasteiger partial charge on any atom is -0.379 e. The number of nitriles is 1. The highest BCUT2D eigenvalue weighted by Gasteiger charge is 2.26. The van der Waals surface area contributed by atoms with Crippen LogP contribution in [0.1, 0.15) is 17.3 Å². The highest BCUT2D eigenvalue weighted by atomic mass is 35.5. The summed E-state index contributed by atoms with van der Waals surface area (Å²) in [6, 6.07) is 12.2. The van der Waals surface area contributed by atoms with E-state index in [0.717, 1.165) is 6.20 Å². The number of anilines is 2. The molecule has 0 unspecified atom stereocenters. The van der Waals surface area contributed by atoms with Crippen molar-refractivity contribution in [1.29, 1.82) is 5.26 Å². The maximum absolute atomic E-state index is 12.9. The van der Waals surface area contributed by atoms with Gasteiger partial charge in [0, 0.05) is 30.5 Å². The molecule has 0 aliphatic carbocycles. The van der Waals surface area contributed by atoms with E-state index in [1.54, 1.807) is 24.3 Å². The third-order valence-electron chi connectivity index (χ3n) is 4.81. The van der Waals surface area contributed by atoms with Crippen molar-refractivity contribution >= 4 is 44.7 Å². The molecule has 3 rings (SSSR count). The summed E-state index contributed by atoms with van der Waals surface area (Å²) in [5, 5.41) is 14.9. The Morgan fingerprint density at radius 3 is 2.58 bits per heavy atom. The first-order chi connectivity index (χ1) is 15.7. The predicted octanol–water partition coefficient (Wildman–Crippen LogP) is 3.02. The Labute approximate surface area is 196 Å². The van der Waals surface area contributed by atoms with Crippen LogP contribution < -0.4 is 10.6 Å². The lowest BCUT2D eigenvalue weighted by Crippen LogP contribution is -2.40. The van der Waals surface area contributed by atoms with Crippen molar-refractivity contribution in [2.75, 3.05) is 36.9 Å². The first-order valence-corrected chi connectivity index (χ1v) is 11.7. The summed E-state index contributed by atoms with van der Waals surface area (Å²) in [5.74, 6) is -0.871. The van der Waals surface area contributed by atoms with E-state index in [1.807, 2.05) is 0 Å². The van der Waals surface area contributed by atoms with Crippen molar-refractivity contribution in [2.45, 2.75) is 11.8 Å². The van der Waals surface area contributed by atoms with Gasteiger partial charge in [0.2, 0.25) is 10.0 Å². The third kappa shape index (κ3) is 5.97. The second-order valence-corrected chi connectivity index (χ2v) is 9.41. The number of sulfonamides is 1. The molecule has 1 aliphatic heterocycles. The zero-order valence-electron chi connectivity index (χ0n) is 17.7. The SMILES string of the molecule is CC(=O)c1cccc(NC(=O)/C(C#N)=C\Nc2cc(S(=O)(=O)N3CCOCC3)ccc2Cl)c1. The molecule has 1 fully saturated rings. The fourth-order valence-electron chi connectivity index (χ4n) is 3.02. The number of amides is 1. The number of Topliss-reactive ketones (excluding diaryl/α,β-unsaturated/α-hetero) is 1. The van der Waals surface area contributed by atoms with Crippen molar-refractivity contribution < 1.29 is 22.7 Å². The molecule has 9 nitrogen and oxygen atoms in total. The molecular weight excluding hydrogens is 468 g/mol. The molecule has 0 saturated carbocycles. The summed E-state index contributed by atoms with van der Waals surface area (Å²) in [4.78, 5) is 24.0.